The zero-order chi connectivity index (χ0) is 12.9. The fourth-order valence-corrected chi connectivity index (χ4v) is 2.09. The molecule has 3 rings (SSSR count). The van der Waals surface area contributed by atoms with Crippen LogP contribution >= 0.6 is 0 Å². The van der Waals surface area contributed by atoms with Crippen molar-refractivity contribution in [2.75, 3.05) is 6.79 Å². The summed E-state index contributed by atoms with van der Waals surface area (Å²) < 4.78 is 12.0. The standard InChI is InChI=1S/C12H10N2O4/c1-14-8-2-3-9-10(18-5-17-9)6(8)4-7(11(13)15)12(14)16/h2-4H,5H2,1H3,(H2,13,15). The summed E-state index contributed by atoms with van der Waals surface area (Å²) in [6.07, 6.45) is 0. The quantitative estimate of drug-likeness (QED) is 0.787. The molecule has 6 nitrogen and oxygen atoms in total. The monoisotopic (exact) mass is 246 g/mol. The first-order chi connectivity index (χ1) is 8.59. The molecule has 1 aliphatic rings. The number of nitrogens with two attached hydrogens (primary N) is 1. The van der Waals surface area contributed by atoms with Crippen LogP contribution in [0.15, 0.2) is 23.0 Å². The van der Waals surface area contributed by atoms with Gasteiger partial charge in [0.05, 0.1) is 5.52 Å². The van der Waals surface area contributed by atoms with E-state index in [4.69, 9.17) is 15.2 Å². The Morgan fingerprint density at radius 2 is 2.17 bits per heavy atom. The zero-order valence-corrected chi connectivity index (χ0v) is 9.60. The number of aromatic nitrogens is 1. The fraction of sp³-hybridized carbons (Fsp3) is 0.167. The third kappa shape index (κ3) is 1.29. The lowest BCUT2D eigenvalue weighted by Crippen LogP contribution is -2.28. The molecule has 0 saturated carbocycles. The van der Waals surface area contributed by atoms with Crippen LogP contribution in [0.3, 0.4) is 0 Å². The first kappa shape index (κ1) is 10.6. The van der Waals surface area contributed by atoms with E-state index in [1.165, 1.54) is 10.6 Å². The van der Waals surface area contributed by atoms with Gasteiger partial charge >= 0.3 is 0 Å². The maximum atomic E-state index is 11.9. The van der Waals surface area contributed by atoms with Crippen LogP contribution in [0.5, 0.6) is 11.5 Å². The van der Waals surface area contributed by atoms with E-state index in [2.05, 4.69) is 0 Å². The summed E-state index contributed by atoms with van der Waals surface area (Å²) in [7, 11) is 1.58. The number of primary amides is 1. The summed E-state index contributed by atoms with van der Waals surface area (Å²) in [6, 6.07) is 4.93. The van der Waals surface area contributed by atoms with E-state index in [0.717, 1.165) is 0 Å². The molecule has 0 saturated heterocycles. The minimum atomic E-state index is -0.756. The summed E-state index contributed by atoms with van der Waals surface area (Å²) in [6.45, 7) is 0.128. The van der Waals surface area contributed by atoms with Crippen LogP contribution in [0.25, 0.3) is 10.9 Å². The second-order valence-corrected chi connectivity index (χ2v) is 4.02. The number of hydrogen-bond donors (Lipinski definition) is 1. The van der Waals surface area contributed by atoms with Crippen molar-refractivity contribution in [3.8, 4) is 11.5 Å². The lowest BCUT2D eigenvalue weighted by molar-refractivity contribution is 0.0998. The van der Waals surface area contributed by atoms with Gasteiger partial charge in [0, 0.05) is 12.4 Å². The Labute approximate surface area is 102 Å². The van der Waals surface area contributed by atoms with Crippen LogP contribution in [-0.2, 0) is 7.05 Å². The molecule has 2 heterocycles. The second-order valence-electron chi connectivity index (χ2n) is 4.02. The van der Waals surface area contributed by atoms with Gasteiger partial charge < -0.3 is 19.8 Å². The Morgan fingerprint density at radius 3 is 2.89 bits per heavy atom. The van der Waals surface area contributed by atoms with Gasteiger partial charge in [0.1, 0.15) is 5.56 Å². The van der Waals surface area contributed by atoms with Crippen molar-refractivity contribution < 1.29 is 14.3 Å². The molecular formula is C12H10N2O4. The normalized spacial score (nSPS) is 12.9. The van der Waals surface area contributed by atoms with Crippen molar-refractivity contribution >= 4 is 16.8 Å². The number of rotatable bonds is 1. The van der Waals surface area contributed by atoms with Gasteiger partial charge in [-0.05, 0) is 18.2 Å². The van der Waals surface area contributed by atoms with Crippen molar-refractivity contribution in [1.82, 2.24) is 4.57 Å². The topological polar surface area (TPSA) is 83.6 Å². The van der Waals surface area contributed by atoms with Gasteiger partial charge in [-0.15, -0.1) is 0 Å². The Hall–Kier alpha value is -2.50. The predicted octanol–water partition coefficient (Wildman–Crippen LogP) is 0.366. The average molecular weight is 246 g/mol. The molecule has 92 valence electrons. The van der Waals surface area contributed by atoms with Crippen LogP contribution in [0.4, 0.5) is 0 Å². The molecule has 0 radical (unpaired) electrons. The Balaban J connectivity index is 2.47. The number of hydrogen-bond acceptors (Lipinski definition) is 4. The van der Waals surface area contributed by atoms with E-state index in [9.17, 15) is 9.59 Å². The number of benzene rings is 1. The molecule has 0 fully saturated rings. The second kappa shape index (κ2) is 3.49. The number of aryl methyl sites for hydroxylation is 1. The molecule has 18 heavy (non-hydrogen) atoms. The molecule has 2 aromatic rings. The molecule has 2 N–H and O–H groups in total. The van der Waals surface area contributed by atoms with Crippen molar-refractivity contribution in [3.63, 3.8) is 0 Å². The summed E-state index contributed by atoms with van der Waals surface area (Å²) in [5.41, 5.74) is 5.37. The zero-order valence-electron chi connectivity index (χ0n) is 9.60. The van der Waals surface area contributed by atoms with E-state index in [1.54, 1.807) is 19.2 Å². The van der Waals surface area contributed by atoms with Gasteiger partial charge in [-0.25, -0.2) is 0 Å². The summed E-state index contributed by atoms with van der Waals surface area (Å²) in [5, 5.41) is 0.640. The number of amides is 1. The lowest BCUT2D eigenvalue weighted by Gasteiger charge is -2.08. The molecule has 6 heteroatoms. The van der Waals surface area contributed by atoms with Gasteiger partial charge in [0.15, 0.2) is 11.5 Å². The SMILES string of the molecule is Cn1c(=O)c(C(N)=O)cc2c3c(ccc21)OCO3. The molecule has 1 aromatic heterocycles. The van der Waals surface area contributed by atoms with Gasteiger partial charge in [0.2, 0.25) is 6.79 Å². The Morgan fingerprint density at radius 1 is 1.39 bits per heavy atom. The highest BCUT2D eigenvalue weighted by atomic mass is 16.7. The minimum absolute atomic E-state index is 0.0612. The highest BCUT2D eigenvalue weighted by molar-refractivity contribution is 5.98. The van der Waals surface area contributed by atoms with Crippen molar-refractivity contribution in [1.29, 1.82) is 0 Å². The highest BCUT2D eigenvalue weighted by Crippen LogP contribution is 2.38. The maximum Gasteiger partial charge on any atom is 0.263 e. The van der Waals surface area contributed by atoms with Crippen molar-refractivity contribution in [2.45, 2.75) is 0 Å². The predicted molar refractivity (Wildman–Crippen MR) is 63.8 cm³/mol. The number of ether oxygens (including phenoxy) is 2. The van der Waals surface area contributed by atoms with Gasteiger partial charge in [-0.3, -0.25) is 9.59 Å². The number of nitrogens with zero attached hydrogens (tertiary/aromatic N) is 1. The summed E-state index contributed by atoms with van der Waals surface area (Å²) in [5.74, 6) is 0.371. The van der Waals surface area contributed by atoms with E-state index >= 15 is 0 Å². The van der Waals surface area contributed by atoms with Crippen LogP contribution in [0, 0.1) is 0 Å². The van der Waals surface area contributed by atoms with E-state index in [-0.39, 0.29) is 12.4 Å². The molecule has 0 atom stereocenters. The number of fused-ring (bicyclic) bond motifs is 3. The van der Waals surface area contributed by atoms with Crippen molar-refractivity contribution in [2.24, 2.45) is 12.8 Å². The minimum Gasteiger partial charge on any atom is -0.454 e. The van der Waals surface area contributed by atoms with E-state index in [0.29, 0.717) is 22.4 Å². The van der Waals surface area contributed by atoms with E-state index < -0.39 is 11.5 Å². The molecule has 1 aromatic carbocycles. The van der Waals surface area contributed by atoms with E-state index in [1.807, 2.05) is 0 Å². The fourth-order valence-electron chi connectivity index (χ4n) is 2.09. The Bertz CT molecular complexity index is 733. The van der Waals surface area contributed by atoms with Crippen LogP contribution in [0.1, 0.15) is 10.4 Å². The first-order valence-electron chi connectivity index (χ1n) is 5.31. The molecule has 0 bridgehead atoms. The molecular weight excluding hydrogens is 236 g/mol. The van der Waals surface area contributed by atoms with Crippen LogP contribution in [-0.4, -0.2) is 17.3 Å². The first-order valence-corrected chi connectivity index (χ1v) is 5.31. The summed E-state index contributed by atoms with van der Waals surface area (Å²) >= 11 is 0. The van der Waals surface area contributed by atoms with Crippen molar-refractivity contribution in [3.05, 3.63) is 34.1 Å². The van der Waals surface area contributed by atoms with Gasteiger partial charge in [-0.2, -0.15) is 0 Å². The molecule has 0 aliphatic carbocycles. The number of carbonyl (C=O) groups is 1. The van der Waals surface area contributed by atoms with Crippen LogP contribution in [0.2, 0.25) is 0 Å². The maximum absolute atomic E-state index is 11.9. The van der Waals surface area contributed by atoms with Gasteiger partial charge in [-0.1, -0.05) is 0 Å². The molecule has 0 spiro atoms. The third-order valence-electron chi connectivity index (χ3n) is 3.01. The average Bonchev–Trinajstić information content (AvgIpc) is 2.81. The third-order valence-corrected chi connectivity index (χ3v) is 3.01. The number of pyridine rings is 1. The molecule has 0 unspecified atom stereocenters. The highest BCUT2D eigenvalue weighted by Gasteiger charge is 2.20. The largest absolute Gasteiger partial charge is 0.454 e. The lowest BCUT2D eigenvalue weighted by atomic mass is 10.1. The Kier molecular flexibility index (Phi) is 2.07. The summed E-state index contributed by atoms with van der Waals surface area (Å²) in [4.78, 5) is 23.2. The molecule has 1 amide bonds. The number of carbonyl (C=O) groups excluding carboxylic acids is 1. The molecule has 1 aliphatic heterocycles. The smallest absolute Gasteiger partial charge is 0.263 e. The van der Waals surface area contributed by atoms with Gasteiger partial charge in [0.25, 0.3) is 11.5 Å². The van der Waals surface area contributed by atoms with Crippen LogP contribution < -0.4 is 20.8 Å².